The van der Waals surface area contributed by atoms with E-state index in [9.17, 15) is 0 Å². The Hall–Kier alpha value is -0.0831. The van der Waals surface area contributed by atoms with Crippen LogP contribution >= 0.6 is 0 Å². The van der Waals surface area contributed by atoms with E-state index in [0.717, 1.165) is 6.61 Å². The van der Waals surface area contributed by atoms with Crippen molar-refractivity contribution in [1.29, 1.82) is 0 Å². The van der Waals surface area contributed by atoms with Crippen LogP contribution in [0, 0.1) is 0 Å². The number of allylic oxidation sites excluding steroid dienone is 1. The fourth-order valence-electron chi connectivity index (χ4n) is 0.601. The van der Waals surface area contributed by atoms with Crippen LogP contribution in [0.3, 0.4) is 0 Å². The second-order valence-corrected chi connectivity index (χ2v) is 5.07. The molecule has 0 rings (SSSR count). The second-order valence-electron chi connectivity index (χ2n) is 2.64. The van der Waals surface area contributed by atoms with Gasteiger partial charge in [0.2, 0.25) is 0 Å². The molecule has 0 unspecified atom stereocenters. The van der Waals surface area contributed by atoms with E-state index in [0.29, 0.717) is 0 Å². The zero-order valence-electron chi connectivity index (χ0n) is 7.26. The minimum atomic E-state index is -0.773. The molecular formula is C8H18OSi. The van der Waals surface area contributed by atoms with Crippen molar-refractivity contribution >= 4 is 9.04 Å². The molecule has 10 heavy (non-hydrogen) atoms. The van der Waals surface area contributed by atoms with E-state index in [1.807, 2.05) is 0 Å². The van der Waals surface area contributed by atoms with Crippen LogP contribution in [0.4, 0.5) is 0 Å². The van der Waals surface area contributed by atoms with E-state index in [4.69, 9.17) is 4.43 Å². The molecule has 60 valence electrons. The summed E-state index contributed by atoms with van der Waals surface area (Å²) in [5.74, 6) is 0. The molecule has 0 aromatic rings. The minimum absolute atomic E-state index is 0.773. The molecule has 0 N–H and O–H groups in total. The fraction of sp³-hybridized carbons (Fsp3) is 0.750. The summed E-state index contributed by atoms with van der Waals surface area (Å²) in [6, 6.07) is 0. The summed E-state index contributed by atoms with van der Waals surface area (Å²) in [6.45, 7) is 7.38. The Morgan fingerprint density at radius 3 is 2.50 bits per heavy atom. The smallest absolute Gasteiger partial charge is 0.171 e. The van der Waals surface area contributed by atoms with Gasteiger partial charge in [0.05, 0.1) is 6.61 Å². The van der Waals surface area contributed by atoms with Gasteiger partial charge in [-0.15, -0.1) is 0 Å². The lowest BCUT2D eigenvalue weighted by atomic mass is 10.3. The molecule has 0 aromatic carbocycles. The molecule has 0 aliphatic rings. The van der Waals surface area contributed by atoms with Crippen LogP contribution < -0.4 is 0 Å². The largest absolute Gasteiger partial charge is 0.417 e. The molecule has 0 heterocycles. The average molecular weight is 158 g/mol. The van der Waals surface area contributed by atoms with Crippen molar-refractivity contribution in [2.45, 2.75) is 32.9 Å². The molecule has 0 saturated heterocycles. The Bertz CT molecular complexity index is 89.3. The van der Waals surface area contributed by atoms with Crippen molar-refractivity contribution in [3.63, 3.8) is 0 Å². The molecule has 0 aliphatic heterocycles. The molecule has 0 aliphatic carbocycles. The summed E-state index contributed by atoms with van der Waals surface area (Å²) in [6.07, 6.45) is 6.73. The van der Waals surface area contributed by atoms with Crippen LogP contribution in [0.25, 0.3) is 0 Å². The van der Waals surface area contributed by atoms with Gasteiger partial charge in [-0.25, -0.2) is 0 Å². The van der Waals surface area contributed by atoms with E-state index >= 15 is 0 Å². The Kier molecular flexibility index (Phi) is 6.97. The molecule has 0 amide bonds. The van der Waals surface area contributed by atoms with Crippen molar-refractivity contribution in [3.8, 4) is 0 Å². The number of rotatable bonds is 5. The third kappa shape index (κ3) is 7.92. The highest BCUT2D eigenvalue weighted by molar-refractivity contribution is 6.48. The first-order valence-electron chi connectivity index (χ1n) is 4.04. The Balaban J connectivity index is 3.02. The number of unbranched alkanes of at least 4 members (excludes halogenated alkanes) is 1. The van der Waals surface area contributed by atoms with Crippen LogP contribution in [-0.2, 0) is 4.43 Å². The molecule has 0 saturated carbocycles. The predicted octanol–water partition coefficient (Wildman–Crippen LogP) is 2.34. The predicted molar refractivity (Wildman–Crippen MR) is 48.9 cm³/mol. The van der Waals surface area contributed by atoms with Crippen molar-refractivity contribution < 1.29 is 4.43 Å². The summed E-state index contributed by atoms with van der Waals surface area (Å²) in [4.78, 5) is 0. The van der Waals surface area contributed by atoms with Gasteiger partial charge in [-0.2, -0.15) is 0 Å². The van der Waals surface area contributed by atoms with E-state index < -0.39 is 9.04 Å². The first-order chi connectivity index (χ1) is 4.77. The standard InChI is InChI=1S/C8H18OSi/c1-4-5-6-7-8-9-10(2)3/h6-7,10H,4-5,8H2,1-3H3. The Morgan fingerprint density at radius 1 is 1.30 bits per heavy atom. The summed E-state index contributed by atoms with van der Waals surface area (Å²) in [7, 11) is -0.773. The molecular weight excluding hydrogens is 140 g/mol. The molecule has 0 radical (unpaired) electrons. The highest BCUT2D eigenvalue weighted by Gasteiger charge is 1.89. The van der Waals surface area contributed by atoms with Gasteiger partial charge in [0, 0.05) is 0 Å². The highest BCUT2D eigenvalue weighted by Crippen LogP contribution is 1.89. The second kappa shape index (κ2) is 7.03. The zero-order chi connectivity index (χ0) is 7.82. The van der Waals surface area contributed by atoms with Crippen LogP contribution in [0.15, 0.2) is 12.2 Å². The van der Waals surface area contributed by atoms with Crippen molar-refractivity contribution in [2.75, 3.05) is 6.61 Å². The van der Waals surface area contributed by atoms with Gasteiger partial charge in [0.25, 0.3) is 0 Å². The zero-order valence-corrected chi connectivity index (χ0v) is 8.42. The number of hydrogen-bond acceptors (Lipinski definition) is 1. The van der Waals surface area contributed by atoms with Gasteiger partial charge in [0.15, 0.2) is 9.04 Å². The number of hydrogen-bond donors (Lipinski definition) is 0. The van der Waals surface area contributed by atoms with Crippen LogP contribution in [0.5, 0.6) is 0 Å². The van der Waals surface area contributed by atoms with Crippen molar-refractivity contribution in [1.82, 2.24) is 0 Å². The molecule has 1 nitrogen and oxygen atoms in total. The van der Waals surface area contributed by atoms with E-state index in [2.05, 4.69) is 32.2 Å². The minimum Gasteiger partial charge on any atom is -0.417 e. The lowest BCUT2D eigenvalue weighted by molar-refractivity contribution is 0.374. The van der Waals surface area contributed by atoms with Gasteiger partial charge in [0.1, 0.15) is 0 Å². The van der Waals surface area contributed by atoms with Crippen LogP contribution in [0.2, 0.25) is 13.1 Å². The molecule has 2 heteroatoms. The quantitative estimate of drug-likeness (QED) is 0.441. The van der Waals surface area contributed by atoms with Crippen molar-refractivity contribution in [3.05, 3.63) is 12.2 Å². The maximum Gasteiger partial charge on any atom is 0.171 e. The first kappa shape index (κ1) is 9.92. The van der Waals surface area contributed by atoms with Gasteiger partial charge < -0.3 is 4.43 Å². The fourth-order valence-corrected chi connectivity index (χ4v) is 1.10. The molecule has 0 aromatic heterocycles. The molecule has 0 spiro atoms. The third-order valence-corrected chi connectivity index (χ3v) is 2.01. The SMILES string of the molecule is CCCC=CCO[SiH](C)C. The Labute approximate surface area is 65.8 Å². The summed E-state index contributed by atoms with van der Waals surface area (Å²) >= 11 is 0. The first-order valence-corrected chi connectivity index (χ1v) is 6.82. The van der Waals surface area contributed by atoms with Gasteiger partial charge in [-0.1, -0.05) is 25.5 Å². The van der Waals surface area contributed by atoms with Crippen LogP contribution in [0.1, 0.15) is 19.8 Å². The normalized spacial score (nSPS) is 11.6. The van der Waals surface area contributed by atoms with E-state index in [1.165, 1.54) is 12.8 Å². The Morgan fingerprint density at radius 2 is 2.00 bits per heavy atom. The molecule has 0 atom stereocenters. The summed E-state index contributed by atoms with van der Waals surface area (Å²) in [5.41, 5.74) is 0. The molecule has 0 fully saturated rings. The topological polar surface area (TPSA) is 9.23 Å². The van der Waals surface area contributed by atoms with E-state index in [-0.39, 0.29) is 0 Å². The summed E-state index contributed by atoms with van der Waals surface area (Å²) in [5, 5.41) is 0. The van der Waals surface area contributed by atoms with Gasteiger partial charge in [-0.3, -0.25) is 0 Å². The highest BCUT2D eigenvalue weighted by atomic mass is 28.3. The van der Waals surface area contributed by atoms with Gasteiger partial charge in [-0.05, 0) is 19.5 Å². The lowest BCUT2D eigenvalue weighted by Crippen LogP contribution is -2.06. The van der Waals surface area contributed by atoms with E-state index in [1.54, 1.807) is 0 Å². The maximum absolute atomic E-state index is 5.44. The maximum atomic E-state index is 5.44. The average Bonchev–Trinajstić information content (AvgIpc) is 1.87. The lowest BCUT2D eigenvalue weighted by Gasteiger charge is -2.00. The van der Waals surface area contributed by atoms with Crippen molar-refractivity contribution in [2.24, 2.45) is 0 Å². The molecule has 0 bridgehead atoms. The third-order valence-electron chi connectivity index (χ3n) is 1.15. The van der Waals surface area contributed by atoms with Crippen LogP contribution in [-0.4, -0.2) is 15.6 Å². The monoisotopic (exact) mass is 158 g/mol. The van der Waals surface area contributed by atoms with Gasteiger partial charge >= 0.3 is 0 Å². The summed E-state index contributed by atoms with van der Waals surface area (Å²) < 4.78 is 5.44.